The SMILES string of the molecule is CC(C)CC[C@@]1(c2ccccc2)N=C(N)N(Cc2ccc(C(F)(F)F)c(C(=O)N3Cc4cnc(C#N)nc4C3)c2)C1=O. The molecular weight excluding hydrogens is 547 g/mol. The van der Waals surface area contributed by atoms with E-state index in [2.05, 4.69) is 15.0 Å². The predicted octanol–water partition coefficient (Wildman–Crippen LogP) is 4.51. The van der Waals surface area contributed by atoms with Gasteiger partial charge in [-0.3, -0.25) is 14.5 Å². The second-order valence-electron chi connectivity index (χ2n) is 10.8. The first-order valence-corrected chi connectivity index (χ1v) is 13.4. The van der Waals surface area contributed by atoms with Crippen LogP contribution in [0.5, 0.6) is 0 Å². The highest BCUT2D eigenvalue weighted by Gasteiger charge is 2.49. The van der Waals surface area contributed by atoms with Crippen LogP contribution in [0.2, 0.25) is 0 Å². The summed E-state index contributed by atoms with van der Waals surface area (Å²) >= 11 is 0. The van der Waals surface area contributed by atoms with Crippen LogP contribution in [0.15, 0.2) is 59.7 Å². The number of aromatic nitrogens is 2. The van der Waals surface area contributed by atoms with Crippen molar-refractivity contribution in [3.63, 3.8) is 0 Å². The Balaban J connectivity index is 1.45. The lowest BCUT2D eigenvalue weighted by Gasteiger charge is -2.27. The fraction of sp³-hybridized carbons (Fsp3) is 0.333. The van der Waals surface area contributed by atoms with Gasteiger partial charge in [0.15, 0.2) is 11.5 Å². The van der Waals surface area contributed by atoms with Gasteiger partial charge in [0.1, 0.15) is 6.07 Å². The summed E-state index contributed by atoms with van der Waals surface area (Å²) in [5.41, 5.74) is 5.30. The lowest BCUT2D eigenvalue weighted by atomic mass is 9.83. The van der Waals surface area contributed by atoms with E-state index in [9.17, 15) is 22.8 Å². The number of rotatable bonds is 7. The first kappa shape index (κ1) is 28.7. The van der Waals surface area contributed by atoms with E-state index >= 15 is 0 Å². The molecule has 2 amide bonds. The number of aliphatic imine (C=N–C) groups is 1. The van der Waals surface area contributed by atoms with Gasteiger partial charge >= 0.3 is 6.18 Å². The number of nitrogens with two attached hydrogens (primary N) is 1. The van der Waals surface area contributed by atoms with E-state index in [4.69, 9.17) is 11.0 Å². The van der Waals surface area contributed by atoms with Crippen molar-refractivity contribution in [3.8, 4) is 6.07 Å². The van der Waals surface area contributed by atoms with Gasteiger partial charge in [-0.15, -0.1) is 0 Å². The van der Waals surface area contributed by atoms with Gasteiger partial charge in [-0.05, 0) is 42.0 Å². The van der Waals surface area contributed by atoms with Crippen LogP contribution in [-0.2, 0) is 36.1 Å². The Hall–Kier alpha value is -4.79. The number of hydrogen-bond donors (Lipinski definition) is 1. The largest absolute Gasteiger partial charge is 0.417 e. The van der Waals surface area contributed by atoms with Crippen molar-refractivity contribution in [1.82, 2.24) is 19.8 Å². The van der Waals surface area contributed by atoms with Crippen LogP contribution >= 0.6 is 0 Å². The standard InChI is InChI=1S/C30H28F3N7O2/c1-18(2)10-11-29(21-6-4-3-5-7-21)27(42)40(28(35)38-29)15-19-8-9-23(30(31,32)33)22(12-19)26(41)39-16-20-14-36-25(13-34)37-24(20)17-39/h3-9,12,14,18H,10-11,15-17H2,1-2H3,(H2,35,38)/t29-/m0/s1. The van der Waals surface area contributed by atoms with E-state index in [0.29, 0.717) is 35.6 Å². The van der Waals surface area contributed by atoms with Gasteiger partial charge in [0, 0.05) is 18.3 Å². The van der Waals surface area contributed by atoms with Gasteiger partial charge in [0.25, 0.3) is 11.8 Å². The molecule has 2 aliphatic rings. The minimum Gasteiger partial charge on any atom is -0.369 e. The molecule has 42 heavy (non-hydrogen) atoms. The molecule has 3 aromatic rings. The first-order valence-electron chi connectivity index (χ1n) is 13.4. The highest BCUT2D eigenvalue weighted by Crippen LogP contribution is 2.39. The van der Waals surface area contributed by atoms with Gasteiger partial charge in [0.2, 0.25) is 5.82 Å². The minimum absolute atomic E-state index is 0.00106. The number of nitrogens with zero attached hydrogens (tertiary/aromatic N) is 6. The van der Waals surface area contributed by atoms with Crippen molar-refractivity contribution in [1.29, 1.82) is 5.26 Å². The molecule has 5 rings (SSSR count). The van der Waals surface area contributed by atoms with Crippen LogP contribution in [0.1, 0.15) is 70.8 Å². The van der Waals surface area contributed by atoms with Crippen LogP contribution in [0.3, 0.4) is 0 Å². The average molecular weight is 576 g/mol. The summed E-state index contributed by atoms with van der Waals surface area (Å²) in [5, 5.41) is 9.06. The smallest absolute Gasteiger partial charge is 0.369 e. The molecule has 0 spiro atoms. The molecule has 0 unspecified atom stereocenters. The zero-order chi connectivity index (χ0) is 30.2. The van der Waals surface area contributed by atoms with Crippen LogP contribution in [-0.4, -0.2) is 37.5 Å². The number of halogens is 3. The molecule has 12 heteroatoms. The molecule has 0 bridgehead atoms. The highest BCUT2D eigenvalue weighted by atomic mass is 19.4. The number of fused-ring (bicyclic) bond motifs is 1. The van der Waals surface area contributed by atoms with E-state index in [0.717, 1.165) is 12.1 Å². The monoisotopic (exact) mass is 575 g/mol. The Morgan fingerprint density at radius 3 is 2.57 bits per heavy atom. The number of carbonyl (C=O) groups excluding carboxylic acids is 2. The van der Waals surface area contributed by atoms with Gasteiger partial charge in [-0.25, -0.2) is 15.0 Å². The minimum atomic E-state index is -4.80. The quantitative estimate of drug-likeness (QED) is 0.442. The van der Waals surface area contributed by atoms with Gasteiger partial charge in [-0.1, -0.05) is 50.2 Å². The Labute approximate surface area is 240 Å². The van der Waals surface area contributed by atoms with Crippen molar-refractivity contribution in [2.75, 3.05) is 0 Å². The van der Waals surface area contributed by atoms with Crippen LogP contribution in [0.25, 0.3) is 0 Å². The molecule has 0 aliphatic carbocycles. The topological polar surface area (TPSA) is 129 Å². The normalized spacial score (nSPS) is 18.3. The van der Waals surface area contributed by atoms with E-state index < -0.39 is 28.7 Å². The first-order chi connectivity index (χ1) is 19.9. The maximum atomic E-state index is 14.0. The van der Waals surface area contributed by atoms with E-state index in [1.54, 1.807) is 0 Å². The number of benzene rings is 2. The molecule has 2 aromatic carbocycles. The third-order valence-corrected chi connectivity index (χ3v) is 7.52. The molecule has 0 saturated heterocycles. The lowest BCUT2D eigenvalue weighted by molar-refractivity contribution is -0.138. The molecule has 3 heterocycles. The number of amides is 2. The third kappa shape index (κ3) is 5.30. The van der Waals surface area contributed by atoms with Crippen molar-refractivity contribution in [2.45, 2.75) is 58.0 Å². The number of carbonyl (C=O) groups is 2. The molecular formula is C30H28F3N7O2. The van der Waals surface area contributed by atoms with E-state index in [-0.39, 0.29) is 42.9 Å². The molecule has 0 radical (unpaired) electrons. The van der Waals surface area contributed by atoms with E-state index in [1.165, 1.54) is 22.1 Å². The summed E-state index contributed by atoms with van der Waals surface area (Å²) in [5.74, 6) is -1.06. The summed E-state index contributed by atoms with van der Waals surface area (Å²) < 4.78 is 42.1. The number of guanidine groups is 1. The molecule has 1 aromatic heterocycles. The van der Waals surface area contributed by atoms with Gasteiger partial charge in [-0.2, -0.15) is 18.4 Å². The van der Waals surface area contributed by atoms with Crippen LogP contribution in [0.4, 0.5) is 13.2 Å². The molecule has 0 saturated carbocycles. The molecule has 0 fully saturated rings. The molecule has 1 atom stereocenters. The predicted molar refractivity (Wildman–Crippen MR) is 146 cm³/mol. The van der Waals surface area contributed by atoms with Crippen molar-refractivity contribution in [2.24, 2.45) is 16.6 Å². The average Bonchev–Trinajstić information content (AvgIpc) is 3.50. The van der Waals surface area contributed by atoms with E-state index in [1.807, 2.05) is 50.2 Å². The Morgan fingerprint density at radius 1 is 1.17 bits per heavy atom. The molecule has 2 aliphatic heterocycles. The highest BCUT2D eigenvalue weighted by molar-refractivity contribution is 6.07. The number of hydrogen-bond acceptors (Lipinski definition) is 7. The van der Waals surface area contributed by atoms with Gasteiger partial charge in [0.05, 0.1) is 29.9 Å². The van der Waals surface area contributed by atoms with Gasteiger partial charge < -0.3 is 10.6 Å². The van der Waals surface area contributed by atoms with Crippen LogP contribution < -0.4 is 5.73 Å². The van der Waals surface area contributed by atoms with Crippen LogP contribution in [0, 0.1) is 17.2 Å². The summed E-state index contributed by atoms with van der Waals surface area (Å²) in [7, 11) is 0. The molecule has 9 nitrogen and oxygen atoms in total. The lowest BCUT2D eigenvalue weighted by Crippen LogP contribution is -2.42. The zero-order valence-corrected chi connectivity index (χ0v) is 23.0. The Bertz CT molecular complexity index is 1620. The molecule has 2 N–H and O–H groups in total. The summed E-state index contributed by atoms with van der Waals surface area (Å²) in [6.45, 7) is 3.85. The summed E-state index contributed by atoms with van der Waals surface area (Å²) in [6.07, 6.45) is -2.29. The van der Waals surface area contributed by atoms with Crippen molar-refractivity contribution >= 4 is 17.8 Å². The fourth-order valence-electron chi connectivity index (χ4n) is 5.31. The zero-order valence-electron chi connectivity index (χ0n) is 23.0. The Morgan fingerprint density at radius 2 is 1.90 bits per heavy atom. The second-order valence-corrected chi connectivity index (χ2v) is 10.8. The maximum absolute atomic E-state index is 14.0. The number of alkyl halides is 3. The second kappa shape index (κ2) is 10.9. The van der Waals surface area contributed by atoms with Crippen molar-refractivity contribution in [3.05, 3.63) is 94.1 Å². The number of nitriles is 1. The Kier molecular flexibility index (Phi) is 7.45. The fourth-order valence-corrected chi connectivity index (χ4v) is 5.31. The third-order valence-electron chi connectivity index (χ3n) is 7.52. The molecule has 216 valence electrons. The summed E-state index contributed by atoms with van der Waals surface area (Å²) in [6, 6.07) is 14.1. The summed E-state index contributed by atoms with van der Waals surface area (Å²) in [4.78, 5) is 42.5. The van der Waals surface area contributed by atoms with Crippen molar-refractivity contribution < 1.29 is 22.8 Å². The maximum Gasteiger partial charge on any atom is 0.417 e.